The molecule has 1 atom stereocenters. The second kappa shape index (κ2) is 7.21. The summed E-state index contributed by atoms with van der Waals surface area (Å²) in [5, 5.41) is 4.02. The van der Waals surface area contributed by atoms with Crippen LogP contribution in [0.15, 0.2) is 46.9 Å². The monoisotopic (exact) mass is 355 g/mol. The second-order valence-electron chi connectivity index (χ2n) is 4.80. The van der Waals surface area contributed by atoms with Gasteiger partial charge in [-0.25, -0.2) is 4.39 Å². The molecule has 1 unspecified atom stereocenters. The van der Waals surface area contributed by atoms with E-state index in [0.29, 0.717) is 0 Å². The average molecular weight is 357 g/mol. The highest BCUT2D eigenvalue weighted by atomic mass is 79.9. The Morgan fingerprint density at radius 3 is 2.55 bits per heavy atom. The van der Waals surface area contributed by atoms with Gasteiger partial charge < -0.3 is 5.32 Å². The van der Waals surface area contributed by atoms with Crippen LogP contribution in [0, 0.1) is 5.82 Å². The summed E-state index contributed by atoms with van der Waals surface area (Å²) in [7, 11) is 1.92. The van der Waals surface area contributed by atoms with Gasteiger partial charge in [0, 0.05) is 15.5 Å². The van der Waals surface area contributed by atoms with E-state index >= 15 is 0 Å². The maximum atomic E-state index is 13.4. The average Bonchev–Trinajstić information content (AvgIpc) is 2.36. The van der Waals surface area contributed by atoms with E-state index in [1.807, 2.05) is 31.3 Å². The molecule has 4 heteroatoms. The standard InChI is InChI=1S/C16H16BrClFN/c1-20-16(8-11-3-2-4-14(18)6-11)9-12-5-13(17)10-15(19)7-12/h2-7,10,16,20H,8-9H2,1H3. The SMILES string of the molecule is CNC(Cc1cccc(Cl)c1)Cc1cc(F)cc(Br)c1. The number of benzene rings is 2. The van der Waals surface area contributed by atoms with E-state index in [2.05, 4.69) is 27.3 Å². The van der Waals surface area contributed by atoms with Gasteiger partial charge in [-0.3, -0.25) is 0 Å². The first kappa shape index (κ1) is 15.5. The summed E-state index contributed by atoms with van der Waals surface area (Å²) in [4.78, 5) is 0. The Kier molecular flexibility index (Phi) is 5.58. The van der Waals surface area contributed by atoms with E-state index in [1.54, 1.807) is 6.07 Å². The molecule has 0 fully saturated rings. The van der Waals surface area contributed by atoms with Crippen LogP contribution >= 0.6 is 27.5 Å². The van der Waals surface area contributed by atoms with Crippen LogP contribution in [0.5, 0.6) is 0 Å². The van der Waals surface area contributed by atoms with Crippen molar-refractivity contribution in [3.63, 3.8) is 0 Å². The highest BCUT2D eigenvalue weighted by Gasteiger charge is 2.10. The van der Waals surface area contributed by atoms with Gasteiger partial charge in [-0.1, -0.05) is 39.7 Å². The van der Waals surface area contributed by atoms with Crippen LogP contribution in [0.2, 0.25) is 5.02 Å². The molecule has 1 N–H and O–H groups in total. The molecule has 0 aliphatic heterocycles. The molecule has 0 amide bonds. The molecule has 2 aromatic carbocycles. The van der Waals surface area contributed by atoms with Crippen LogP contribution in [0.4, 0.5) is 4.39 Å². The van der Waals surface area contributed by atoms with Gasteiger partial charge in [-0.2, -0.15) is 0 Å². The lowest BCUT2D eigenvalue weighted by Crippen LogP contribution is -2.29. The summed E-state index contributed by atoms with van der Waals surface area (Å²) in [6, 6.07) is 13.1. The predicted molar refractivity (Wildman–Crippen MR) is 85.8 cm³/mol. The van der Waals surface area contributed by atoms with Gasteiger partial charge in [0.2, 0.25) is 0 Å². The minimum Gasteiger partial charge on any atom is -0.316 e. The van der Waals surface area contributed by atoms with Crippen molar-refractivity contribution in [2.75, 3.05) is 7.05 Å². The van der Waals surface area contributed by atoms with Gasteiger partial charge >= 0.3 is 0 Å². The predicted octanol–water partition coefficient (Wildman–Crippen LogP) is 4.61. The zero-order valence-corrected chi connectivity index (χ0v) is 13.5. The maximum Gasteiger partial charge on any atom is 0.124 e. The minimum absolute atomic E-state index is 0.216. The Labute approximate surface area is 132 Å². The Bertz CT molecular complexity index is 568. The highest BCUT2D eigenvalue weighted by Crippen LogP contribution is 2.18. The zero-order chi connectivity index (χ0) is 14.5. The molecule has 0 aliphatic carbocycles. The maximum absolute atomic E-state index is 13.4. The van der Waals surface area contributed by atoms with Gasteiger partial charge in [-0.05, 0) is 61.3 Å². The largest absolute Gasteiger partial charge is 0.316 e. The van der Waals surface area contributed by atoms with Gasteiger partial charge in [0.1, 0.15) is 5.82 Å². The number of rotatable bonds is 5. The number of halogens is 3. The number of hydrogen-bond acceptors (Lipinski definition) is 1. The molecule has 0 heterocycles. The molecule has 106 valence electrons. The fourth-order valence-corrected chi connectivity index (χ4v) is 2.96. The number of nitrogens with one attached hydrogen (secondary N) is 1. The Hall–Kier alpha value is -0.900. The van der Waals surface area contributed by atoms with Crippen molar-refractivity contribution in [3.05, 3.63) is 68.9 Å². The number of hydrogen-bond donors (Lipinski definition) is 1. The summed E-state index contributed by atoms with van der Waals surface area (Å²) >= 11 is 9.32. The molecule has 0 aromatic heterocycles. The minimum atomic E-state index is -0.216. The topological polar surface area (TPSA) is 12.0 Å². The van der Waals surface area contributed by atoms with Crippen molar-refractivity contribution < 1.29 is 4.39 Å². The van der Waals surface area contributed by atoms with E-state index in [4.69, 9.17) is 11.6 Å². The molecule has 0 radical (unpaired) electrons. The molecule has 0 saturated carbocycles. The van der Waals surface area contributed by atoms with Crippen molar-refractivity contribution in [2.45, 2.75) is 18.9 Å². The van der Waals surface area contributed by atoms with Gasteiger partial charge in [0.25, 0.3) is 0 Å². The van der Waals surface area contributed by atoms with Gasteiger partial charge in [-0.15, -0.1) is 0 Å². The smallest absolute Gasteiger partial charge is 0.124 e. The lowest BCUT2D eigenvalue weighted by Gasteiger charge is -2.17. The van der Waals surface area contributed by atoms with Crippen molar-refractivity contribution in [1.29, 1.82) is 0 Å². The third-order valence-corrected chi connectivity index (χ3v) is 3.88. The first-order chi connectivity index (χ1) is 9.56. The molecule has 1 nitrogen and oxygen atoms in total. The summed E-state index contributed by atoms with van der Waals surface area (Å²) < 4.78 is 14.2. The second-order valence-corrected chi connectivity index (χ2v) is 6.15. The Morgan fingerprint density at radius 2 is 1.90 bits per heavy atom. The summed E-state index contributed by atoms with van der Waals surface area (Å²) in [6.07, 6.45) is 1.62. The highest BCUT2D eigenvalue weighted by molar-refractivity contribution is 9.10. The van der Waals surface area contributed by atoms with Crippen LogP contribution in [-0.4, -0.2) is 13.1 Å². The third kappa shape index (κ3) is 4.58. The van der Waals surface area contributed by atoms with E-state index in [-0.39, 0.29) is 11.9 Å². The van der Waals surface area contributed by atoms with E-state index in [0.717, 1.165) is 27.9 Å². The lowest BCUT2D eigenvalue weighted by atomic mass is 9.99. The van der Waals surface area contributed by atoms with E-state index < -0.39 is 0 Å². The molecule has 20 heavy (non-hydrogen) atoms. The van der Waals surface area contributed by atoms with Crippen molar-refractivity contribution in [3.8, 4) is 0 Å². The zero-order valence-electron chi connectivity index (χ0n) is 11.2. The van der Waals surface area contributed by atoms with Gasteiger partial charge in [0.05, 0.1) is 0 Å². The first-order valence-electron chi connectivity index (χ1n) is 6.43. The molecule has 2 rings (SSSR count). The molecular formula is C16H16BrClFN. The molecule has 0 saturated heterocycles. The Balaban J connectivity index is 2.09. The Morgan fingerprint density at radius 1 is 1.15 bits per heavy atom. The normalized spacial score (nSPS) is 12.4. The lowest BCUT2D eigenvalue weighted by molar-refractivity contribution is 0.552. The first-order valence-corrected chi connectivity index (χ1v) is 7.60. The molecular weight excluding hydrogens is 341 g/mol. The summed E-state index contributed by atoms with van der Waals surface area (Å²) in [6.45, 7) is 0. The van der Waals surface area contributed by atoms with Crippen LogP contribution in [0.3, 0.4) is 0 Å². The van der Waals surface area contributed by atoms with Crippen molar-refractivity contribution in [2.24, 2.45) is 0 Å². The number of likely N-dealkylation sites (N-methyl/N-ethyl adjacent to an activating group) is 1. The third-order valence-electron chi connectivity index (χ3n) is 3.18. The summed E-state index contributed by atoms with van der Waals surface area (Å²) in [5.41, 5.74) is 2.14. The summed E-state index contributed by atoms with van der Waals surface area (Å²) in [5.74, 6) is -0.216. The van der Waals surface area contributed by atoms with Crippen LogP contribution in [0.1, 0.15) is 11.1 Å². The fraction of sp³-hybridized carbons (Fsp3) is 0.250. The molecule has 0 spiro atoms. The fourth-order valence-electron chi connectivity index (χ4n) is 2.24. The molecule has 2 aromatic rings. The van der Waals surface area contributed by atoms with Crippen LogP contribution in [-0.2, 0) is 12.8 Å². The van der Waals surface area contributed by atoms with Crippen LogP contribution < -0.4 is 5.32 Å². The molecule has 0 bridgehead atoms. The van der Waals surface area contributed by atoms with Crippen molar-refractivity contribution >= 4 is 27.5 Å². The van der Waals surface area contributed by atoms with Crippen LogP contribution in [0.25, 0.3) is 0 Å². The van der Waals surface area contributed by atoms with Gasteiger partial charge in [0.15, 0.2) is 0 Å². The van der Waals surface area contributed by atoms with E-state index in [9.17, 15) is 4.39 Å². The quantitative estimate of drug-likeness (QED) is 0.824. The van der Waals surface area contributed by atoms with Crippen molar-refractivity contribution in [1.82, 2.24) is 5.32 Å². The molecule has 0 aliphatic rings. The van der Waals surface area contributed by atoms with E-state index in [1.165, 1.54) is 11.6 Å².